The van der Waals surface area contributed by atoms with Crippen LogP contribution in [0.25, 0.3) is 0 Å². The van der Waals surface area contributed by atoms with E-state index in [2.05, 4.69) is 32.8 Å². The van der Waals surface area contributed by atoms with Crippen molar-refractivity contribution in [1.29, 1.82) is 0 Å². The second kappa shape index (κ2) is 2.76. The zero-order valence-electron chi connectivity index (χ0n) is 8.09. The normalized spacial score (nSPS) is 34.4. The maximum absolute atomic E-state index is 5.91. The van der Waals surface area contributed by atoms with Crippen LogP contribution in [0.15, 0.2) is 0 Å². The number of nitrogens with two attached hydrogens (primary N) is 1. The highest BCUT2D eigenvalue weighted by Crippen LogP contribution is 2.52. The van der Waals surface area contributed by atoms with E-state index in [4.69, 9.17) is 5.73 Å². The van der Waals surface area contributed by atoms with Crippen molar-refractivity contribution in [1.82, 2.24) is 4.90 Å². The Kier molecular flexibility index (Phi) is 2.26. The third kappa shape index (κ3) is 1.74. The van der Waals surface area contributed by atoms with Crippen LogP contribution in [0.3, 0.4) is 0 Å². The first-order chi connectivity index (χ1) is 4.96. The fourth-order valence-corrected chi connectivity index (χ4v) is 1.74. The Labute approximate surface area is 69.8 Å². The Balaban J connectivity index is 2.22. The van der Waals surface area contributed by atoms with Gasteiger partial charge in [-0.1, -0.05) is 13.8 Å². The van der Waals surface area contributed by atoms with Gasteiger partial charge in [-0.2, -0.15) is 0 Å². The van der Waals surface area contributed by atoms with Crippen molar-refractivity contribution >= 4 is 0 Å². The van der Waals surface area contributed by atoms with Crippen molar-refractivity contribution in [2.45, 2.75) is 26.3 Å². The molecule has 2 atom stereocenters. The molecule has 1 aliphatic carbocycles. The summed E-state index contributed by atoms with van der Waals surface area (Å²) in [5, 5.41) is 0. The third-order valence-corrected chi connectivity index (χ3v) is 3.03. The van der Waals surface area contributed by atoms with Crippen LogP contribution in [-0.2, 0) is 0 Å². The Bertz CT molecular complexity index is 140. The van der Waals surface area contributed by atoms with Crippen LogP contribution in [0.5, 0.6) is 0 Å². The minimum atomic E-state index is 0.413. The molecule has 2 N–H and O–H groups in total. The van der Waals surface area contributed by atoms with Crippen LogP contribution in [0.1, 0.15) is 20.3 Å². The minimum Gasteiger partial charge on any atom is -0.327 e. The summed E-state index contributed by atoms with van der Waals surface area (Å²) in [6.45, 7) is 5.69. The number of hydrogen-bond acceptors (Lipinski definition) is 2. The molecule has 0 aromatic heterocycles. The lowest BCUT2D eigenvalue weighted by Crippen LogP contribution is -2.15. The first kappa shape index (κ1) is 9.01. The van der Waals surface area contributed by atoms with Gasteiger partial charge in [0.05, 0.1) is 0 Å². The predicted molar refractivity (Wildman–Crippen MR) is 48.4 cm³/mol. The summed E-state index contributed by atoms with van der Waals surface area (Å²) < 4.78 is 0. The predicted octanol–water partition coefficient (Wildman–Crippen LogP) is 0.921. The standard InChI is InChI=1S/C9H20N2/c1-9(2)7(8(9)10)5-6-11(3)4/h7-8H,5-6,10H2,1-4H3/t7-,8-/m1/s1. The summed E-state index contributed by atoms with van der Waals surface area (Å²) in [7, 11) is 4.22. The fourth-order valence-electron chi connectivity index (χ4n) is 1.74. The fraction of sp³-hybridized carbons (Fsp3) is 1.00. The maximum atomic E-state index is 5.91. The molecule has 0 aromatic carbocycles. The zero-order chi connectivity index (χ0) is 8.65. The molecule has 1 saturated carbocycles. The van der Waals surface area contributed by atoms with Gasteiger partial charge in [0.15, 0.2) is 0 Å². The summed E-state index contributed by atoms with van der Waals surface area (Å²) in [5.41, 5.74) is 6.32. The van der Waals surface area contributed by atoms with Crippen molar-refractivity contribution in [3.63, 3.8) is 0 Å². The smallest absolute Gasteiger partial charge is 0.0128 e. The van der Waals surface area contributed by atoms with Crippen LogP contribution in [-0.4, -0.2) is 31.6 Å². The molecule has 0 unspecified atom stereocenters. The third-order valence-electron chi connectivity index (χ3n) is 3.03. The molecular weight excluding hydrogens is 136 g/mol. The van der Waals surface area contributed by atoms with Gasteiger partial charge in [0.25, 0.3) is 0 Å². The first-order valence-corrected chi connectivity index (χ1v) is 4.36. The van der Waals surface area contributed by atoms with Crippen molar-refractivity contribution in [2.24, 2.45) is 17.1 Å². The van der Waals surface area contributed by atoms with E-state index in [1.54, 1.807) is 0 Å². The molecule has 2 nitrogen and oxygen atoms in total. The molecule has 1 rings (SSSR count). The van der Waals surface area contributed by atoms with Crippen molar-refractivity contribution in [2.75, 3.05) is 20.6 Å². The van der Waals surface area contributed by atoms with Crippen molar-refractivity contribution in [3.05, 3.63) is 0 Å². The highest BCUT2D eigenvalue weighted by Gasteiger charge is 2.54. The van der Waals surface area contributed by atoms with E-state index in [0.29, 0.717) is 11.5 Å². The molecule has 2 heteroatoms. The maximum Gasteiger partial charge on any atom is 0.0128 e. The van der Waals surface area contributed by atoms with Crippen LogP contribution in [0, 0.1) is 11.3 Å². The highest BCUT2D eigenvalue weighted by molar-refractivity contribution is 5.08. The van der Waals surface area contributed by atoms with E-state index in [-0.39, 0.29) is 0 Å². The summed E-state index contributed by atoms with van der Waals surface area (Å²) in [5.74, 6) is 0.755. The molecular formula is C9H20N2. The average Bonchev–Trinajstić information content (AvgIpc) is 2.30. The second-order valence-corrected chi connectivity index (χ2v) is 4.55. The largest absolute Gasteiger partial charge is 0.327 e. The molecule has 0 bridgehead atoms. The molecule has 1 fully saturated rings. The molecule has 0 aliphatic heterocycles. The van der Waals surface area contributed by atoms with E-state index >= 15 is 0 Å². The zero-order valence-corrected chi connectivity index (χ0v) is 8.09. The number of rotatable bonds is 3. The summed E-state index contributed by atoms with van der Waals surface area (Å²) in [6.07, 6.45) is 1.25. The van der Waals surface area contributed by atoms with Crippen molar-refractivity contribution < 1.29 is 0 Å². The Morgan fingerprint density at radius 2 is 1.82 bits per heavy atom. The van der Waals surface area contributed by atoms with Gasteiger partial charge >= 0.3 is 0 Å². The van der Waals surface area contributed by atoms with Gasteiger partial charge in [0, 0.05) is 6.04 Å². The summed E-state index contributed by atoms with van der Waals surface area (Å²) in [4.78, 5) is 2.22. The van der Waals surface area contributed by atoms with Crippen LogP contribution in [0.2, 0.25) is 0 Å². The molecule has 0 radical (unpaired) electrons. The van der Waals surface area contributed by atoms with E-state index in [1.165, 1.54) is 13.0 Å². The Hall–Kier alpha value is -0.0800. The quantitative estimate of drug-likeness (QED) is 0.658. The van der Waals surface area contributed by atoms with Gasteiger partial charge in [-0.05, 0) is 38.4 Å². The van der Waals surface area contributed by atoms with E-state index < -0.39 is 0 Å². The van der Waals surface area contributed by atoms with E-state index in [1.807, 2.05) is 0 Å². The van der Waals surface area contributed by atoms with Gasteiger partial charge in [0.1, 0.15) is 0 Å². The monoisotopic (exact) mass is 156 g/mol. The topological polar surface area (TPSA) is 29.3 Å². The van der Waals surface area contributed by atoms with Gasteiger partial charge in [0.2, 0.25) is 0 Å². The van der Waals surface area contributed by atoms with Crippen LogP contribution >= 0.6 is 0 Å². The Morgan fingerprint density at radius 1 is 1.36 bits per heavy atom. The van der Waals surface area contributed by atoms with Crippen molar-refractivity contribution in [3.8, 4) is 0 Å². The first-order valence-electron chi connectivity index (χ1n) is 4.36. The molecule has 0 amide bonds. The number of hydrogen-bond donors (Lipinski definition) is 1. The minimum absolute atomic E-state index is 0.413. The lowest BCUT2D eigenvalue weighted by atomic mass is 10.1. The van der Waals surface area contributed by atoms with Crippen LogP contribution < -0.4 is 5.73 Å². The lowest BCUT2D eigenvalue weighted by molar-refractivity contribution is 0.372. The summed E-state index contributed by atoms with van der Waals surface area (Å²) in [6, 6.07) is 0.447. The average molecular weight is 156 g/mol. The molecule has 0 heterocycles. The molecule has 11 heavy (non-hydrogen) atoms. The number of nitrogens with zero attached hydrogens (tertiary/aromatic N) is 1. The molecule has 66 valence electrons. The highest BCUT2D eigenvalue weighted by atomic mass is 15.1. The molecule has 0 spiro atoms. The SMILES string of the molecule is CN(C)CC[C@@H]1[C@@H](N)C1(C)C. The Morgan fingerprint density at radius 3 is 2.09 bits per heavy atom. The van der Waals surface area contributed by atoms with E-state index in [9.17, 15) is 0 Å². The summed E-state index contributed by atoms with van der Waals surface area (Å²) >= 11 is 0. The van der Waals surface area contributed by atoms with Gasteiger partial charge < -0.3 is 10.6 Å². The van der Waals surface area contributed by atoms with Gasteiger partial charge in [-0.15, -0.1) is 0 Å². The van der Waals surface area contributed by atoms with Crippen LogP contribution in [0.4, 0.5) is 0 Å². The molecule has 0 aromatic rings. The van der Waals surface area contributed by atoms with E-state index in [0.717, 1.165) is 5.92 Å². The van der Waals surface area contributed by atoms with Gasteiger partial charge in [-0.25, -0.2) is 0 Å². The second-order valence-electron chi connectivity index (χ2n) is 4.55. The lowest BCUT2D eigenvalue weighted by Gasteiger charge is -2.09. The molecule has 1 aliphatic rings. The molecule has 0 saturated heterocycles. The van der Waals surface area contributed by atoms with Gasteiger partial charge in [-0.3, -0.25) is 0 Å².